The number of hydrogen-bond donors (Lipinski definition) is 0. The van der Waals surface area contributed by atoms with Crippen LogP contribution in [0.25, 0.3) is 0 Å². The average Bonchev–Trinajstić information content (AvgIpc) is 3.18. The van der Waals surface area contributed by atoms with Gasteiger partial charge in [0.15, 0.2) is 0 Å². The van der Waals surface area contributed by atoms with E-state index in [1.807, 2.05) is 0 Å². The zero-order valence-electron chi connectivity index (χ0n) is 19.4. The smallest absolute Gasteiger partial charge is 0.373 e. The average molecular weight is 454 g/mol. The van der Waals surface area contributed by atoms with Crippen LogP contribution in [0.3, 0.4) is 0 Å². The van der Waals surface area contributed by atoms with Gasteiger partial charge in [0.2, 0.25) is 5.91 Å². The second-order valence-electron chi connectivity index (χ2n) is 10.2. The Bertz CT molecular complexity index is 849. The molecule has 0 radical (unpaired) electrons. The number of hydrogen-bond acceptors (Lipinski definition) is 4. The van der Waals surface area contributed by atoms with Gasteiger partial charge < -0.3 is 9.64 Å². The molecule has 5 nitrogen and oxygen atoms in total. The molecule has 4 atom stereocenters. The summed E-state index contributed by atoms with van der Waals surface area (Å²) in [5.74, 6) is 0.254. The van der Waals surface area contributed by atoms with Crippen molar-refractivity contribution in [3.63, 3.8) is 0 Å². The maximum atomic E-state index is 13.9. The Morgan fingerprint density at radius 2 is 1.94 bits per heavy atom. The zero-order valence-corrected chi connectivity index (χ0v) is 19.4. The zero-order chi connectivity index (χ0) is 23.3. The van der Waals surface area contributed by atoms with Gasteiger partial charge in [0, 0.05) is 50.5 Å². The van der Waals surface area contributed by atoms with Gasteiger partial charge in [-0.2, -0.15) is 13.2 Å². The number of alkyl halides is 3. The summed E-state index contributed by atoms with van der Waals surface area (Å²) >= 11 is 0. The summed E-state index contributed by atoms with van der Waals surface area (Å²) in [7, 11) is 0. The van der Waals surface area contributed by atoms with Crippen LogP contribution < -0.4 is 0 Å². The highest BCUT2D eigenvalue weighted by Gasteiger charge is 2.51. The van der Waals surface area contributed by atoms with Crippen LogP contribution in [0, 0.1) is 11.3 Å². The molecule has 1 aliphatic carbocycles. The van der Waals surface area contributed by atoms with E-state index in [9.17, 15) is 18.0 Å². The predicted octanol–water partition coefficient (Wildman–Crippen LogP) is 4.29. The van der Waals surface area contributed by atoms with Crippen molar-refractivity contribution in [1.82, 2.24) is 14.8 Å². The second kappa shape index (κ2) is 8.60. The van der Waals surface area contributed by atoms with Gasteiger partial charge in [0.05, 0.1) is 23.2 Å². The lowest BCUT2D eigenvalue weighted by atomic mass is 9.73. The van der Waals surface area contributed by atoms with Crippen molar-refractivity contribution in [1.29, 1.82) is 0 Å². The van der Waals surface area contributed by atoms with Crippen molar-refractivity contribution in [3.05, 3.63) is 29.1 Å². The number of morpholine rings is 1. The van der Waals surface area contributed by atoms with Gasteiger partial charge in [0.25, 0.3) is 0 Å². The highest BCUT2D eigenvalue weighted by molar-refractivity contribution is 5.83. The minimum Gasteiger partial charge on any atom is -0.373 e. The fraction of sp³-hybridized carbons (Fsp3) is 0.750. The first-order valence-electron chi connectivity index (χ1n) is 11.7. The van der Waals surface area contributed by atoms with Crippen LogP contribution in [0.5, 0.6) is 0 Å². The molecule has 0 unspecified atom stereocenters. The molecule has 0 spiro atoms. The Balaban J connectivity index is 1.52. The van der Waals surface area contributed by atoms with Crippen molar-refractivity contribution >= 4 is 5.91 Å². The Hall–Kier alpha value is -1.67. The maximum absolute atomic E-state index is 13.9. The summed E-state index contributed by atoms with van der Waals surface area (Å²) in [6.45, 7) is 10.9. The number of fused-ring (bicyclic) bond motifs is 1. The van der Waals surface area contributed by atoms with Crippen LogP contribution in [0.1, 0.15) is 63.8 Å². The van der Waals surface area contributed by atoms with Gasteiger partial charge in [-0.3, -0.25) is 14.7 Å². The van der Waals surface area contributed by atoms with E-state index in [1.165, 1.54) is 0 Å². The van der Waals surface area contributed by atoms with Gasteiger partial charge in [-0.25, -0.2) is 0 Å². The number of ether oxygens (including phenoxy) is 1. The molecule has 3 heterocycles. The van der Waals surface area contributed by atoms with Crippen molar-refractivity contribution in [3.8, 4) is 0 Å². The van der Waals surface area contributed by atoms with Gasteiger partial charge in [-0.05, 0) is 50.7 Å². The van der Waals surface area contributed by atoms with E-state index in [0.29, 0.717) is 30.3 Å². The van der Waals surface area contributed by atoms with E-state index < -0.39 is 17.2 Å². The quantitative estimate of drug-likeness (QED) is 0.685. The highest BCUT2D eigenvalue weighted by atomic mass is 19.4. The number of rotatable bonds is 3. The second-order valence-corrected chi connectivity index (χ2v) is 10.2. The Kier molecular flexibility index (Phi) is 6.31. The van der Waals surface area contributed by atoms with Gasteiger partial charge in [0.1, 0.15) is 0 Å². The molecule has 1 aromatic heterocycles. The topological polar surface area (TPSA) is 45.7 Å². The first kappa shape index (κ1) is 23.5. The maximum Gasteiger partial charge on any atom is 0.417 e. The molecule has 0 aromatic carbocycles. The van der Waals surface area contributed by atoms with Crippen molar-refractivity contribution < 1.29 is 22.7 Å². The molecule has 1 aromatic rings. The molecule has 8 heteroatoms. The number of pyridine rings is 1. The largest absolute Gasteiger partial charge is 0.417 e. The van der Waals surface area contributed by atoms with Gasteiger partial charge in [-0.15, -0.1) is 0 Å². The van der Waals surface area contributed by atoms with E-state index in [2.05, 4.69) is 37.6 Å². The normalized spacial score (nSPS) is 31.8. The Morgan fingerprint density at radius 1 is 1.25 bits per heavy atom. The number of amides is 1. The number of carbonyl (C=O) groups excluding carboxylic acids is 1. The SMILES string of the molecule is CC(C)[C@]1(C(=O)N2CCc3ncc(C(F)(F)F)cc3C2)CC[C@H](N2C[C@@H](C)O[C@@H](C)C2)C1. The molecule has 2 aliphatic heterocycles. The fourth-order valence-corrected chi connectivity index (χ4v) is 5.91. The van der Waals surface area contributed by atoms with E-state index in [0.717, 1.165) is 44.6 Å². The molecule has 1 saturated carbocycles. The lowest BCUT2D eigenvalue weighted by Crippen LogP contribution is -2.51. The van der Waals surface area contributed by atoms with Crippen molar-refractivity contribution in [2.24, 2.45) is 11.3 Å². The summed E-state index contributed by atoms with van der Waals surface area (Å²) in [5, 5.41) is 0. The molecule has 4 rings (SSSR count). The third-order valence-electron chi connectivity index (χ3n) is 7.67. The molecule has 32 heavy (non-hydrogen) atoms. The van der Waals surface area contributed by atoms with E-state index in [1.54, 1.807) is 4.90 Å². The predicted molar refractivity (Wildman–Crippen MR) is 115 cm³/mol. The third kappa shape index (κ3) is 4.40. The number of halogens is 3. The first-order valence-corrected chi connectivity index (χ1v) is 11.7. The molecule has 0 N–H and O–H groups in total. The summed E-state index contributed by atoms with van der Waals surface area (Å²) in [6.07, 6.45) is -0.0971. The highest BCUT2D eigenvalue weighted by Crippen LogP contribution is 2.48. The lowest BCUT2D eigenvalue weighted by molar-refractivity contribution is -0.146. The van der Waals surface area contributed by atoms with Gasteiger partial charge in [-0.1, -0.05) is 13.8 Å². The molecular weight excluding hydrogens is 419 g/mol. The van der Waals surface area contributed by atoms with Crippen LogP contribution >= 0.6 is 0 Å². The van der Waals surface area contributed by atoms with Crippen LogP contribution in [0.2, 0.25) is 0 Å². The van der Waals surface area contributed by atoms with Crippen LogP contribution in [-0.4, -0.2) is 58.6 Å². The summed E-state index contributed by atoms with van der Waals surface area (Å²) in [5.41, 5.74) is -0.0345. The monoisotopic (exact) mass is 453 g/mol. The minimum atomic E-state index is -4.43. The molecule has 0 bridgehead atoms. The van der Waals surface area contributed by atoms with Crippen LogP contribution in [-0.2, 0) is 28.7 Å². The molecule has 1 saturated heterocycles. The summed E-state index contributed by atoms with van der Waals surface area (Å²) in [4.78, 5) is 22.1. The number of aromatic nitrogens is 1. The lowest BCUT2D eigenvalue weighted by Gasteiger charge is -2.42. The Labute approximate surface area is 188 Å². The van der Waals surface area contributed by atoms with Crippen molar-refractivity contribution in [2.75, 3.05) is 19.6 Å². The van der Waals surface area contributed by atoms with E-state index in [4.69, 9.17) is 4.74 Å². The van der Waals surface area contributed by atoms with E-state index in [-0.39, 0.29) is 30.6 Å². The third-order valence-corrected chi connectivity index (χ3v) is 7.67. The standard InChI is InChI=1S/C24H34F3N3O2/c1-15(2)23(7-5-20(10-23)30-12-16(3)32-17(4)13-30)22(31)29-8-6-21-18(14-29)9-19(11-28-21)24(25,26)27/h9,11,15-17,20H,5-8,10,12-14H2,1-4H3/t16-,17+,20-,23-/m0/s1. The Morgan fingerprint density at radius 3 is 2.56 bits per heavy atom. The molecule has 1 amide bonds. The minimum absolute atomic E-state index is 0.0902. The number of carbonyl (C=O) groups is 1. The number of nitrogens with zero attached hydrogens (tertiary/aromatic N) is 3. The summed E-state index contributed by atoms with van der Waals surface area (Å²) in [6, 6.07) is 1.50. The molecule has 3 aliphatic rings. The van der Waals surface area contributed by atoms with Gasteiger partial charge >= 0.3 is 6.18 Å². The van der Waals surface area contributed by atoms with Crippen molar-refractivity contribution in [2.45, 2.75) is 84.3 Å². The fourth-order valence-electron chi connectivity index (χ4n) is 5.91. The molecule has 178 valence electrons. The van der Waals surface area contributed by atoms with Crippen LogP contribution in [0.4, 0.5) is 13.2 Å². The molecule has 2 fully saturated rings. The van der Waals surface area contributed by atoms with E-state index >= 15 is 0 Å². The summed E-state index contributed by atoms with van der Waals surface area (Å²) < 4.78 is 45.4. The van der Waals surface area contributed by atoms with Crippen LogP contribution in [0.15, 0.2) is 12.3 Å². The first-order chi connectivity index (χ1) is 15.0. The molecular formula is C24H34F3N3O2.